The van der Waals surface area contributed by atoms with Gasteiger partial charge in [0, 0.05) is 18.7 Å². The predicted molar refractivity (Wildman–Crippen MR) is 111 cm³/mol. The second-order valence-corrected chi connectivity index (χ2v) is 7.03. The van der Waals surface area contributed by atoms with Gasteiger partial charge in [0.2, 0.25) is 5.91 Å². The van der Waals surface area contributed by atoms with Crippen LogP contribution < -0.4 is 10.1 Å². The van der Waals surface area contributed by atoms with E-state index in [1.807, 2.05) is 30.3 Å². The Morgan fingerprint density at radius 2 is 1.88 bits per heavy atom. The van der Waals surface area contributed by atoms with E-state index in [9.17, 15) is 4.79 Å². The molecular formula is C21H27BrN2O2. The van der Waals surface area contributed by atoms with Gasteiger partial charge in [0.1, 0.15) is 5.75 Å². The Bertz CT molecular complexity index is 730. The molecule has 2 rings (SSSR count). The van der Waals surface area contributed by atoms with Crippen molar-refractivity contribution in [3.8, 4) is 5.75 Å². The molecule has 0 aliphatic heterocycles. The lowest BCUT2D eigenvalue weighted by molar-refractivity contribution is -0.116. The monoisotopic (exact) mass is 418 g/mol. The summed E-state index contributed by atoms with van der Waals surface area (Å²) in [6.07, 6.45) is 1.13. The third-order valence-electron chi connectivity index (χ3n) is 4.37. The summed E-state index contributed by atoms with van der Waals surface area (Å²) >= 11 is 3.48. The fraction of sp³-hybridized carbons (Fsp3) is 0.381. The average Bonchev–Trinajstić information content (AvgIpc) is 2.65. The van der Waals surface area contributed by atoms with E-state index in [1.165, 1.54) is 5.56 Å². The molecule has 0 spiro atoms. The number of amides is 1. The largest absolute Gasteiger partial charge is 0.496 e. The van der Waals surface area contributed by atoms with Gasteiger partial charge in [-0.2, -0.15) is 0 Å². The first-order valence-corrected chi connectivity index (χ1v) is 9.78. The van der Waals surface area contributed by atoms with Gasteiger partial charge >= 0.3 is 0 Å². The molecule has 0 heterocycles. The van der Waals surface area contributed by atoms with E-state index in [0.717, 1.165) is 41.1 Å². The first kappa shape index (κ1) is 20.5. The van der Waals surface area contributed by atoms with Crippen LogP contribution in [0, 0.1) is 0 Å². The van der Waals surface area contributed by atoms with Crippen molar-refractivity contribution < 1.29 is 9.53 Å². The Kier molecular flexibility index (Phi) is 8.13. The van der Waals surface area contributed by atoms with Crippen molar-refractivity contribution in [1.82, 2.24) is 4.90 Å². The number of nitrogens with zero attached hydrogens (tertiary/aromatic N) is 1. The summed E-state index contributed by atoms with van der Waals surface area (Å²) in [5, 5.41) is 3.01. The van der Waals surface area contributed by atoms with Gasteiger partial charge in [-0.1, -0.05) is 32.0 Å². The van der Waals surface area contributed by atoms with Crippen molar-refractivity contribution in [2.45, 2.75) is 33.2 Å². The van der Waals surface area contributed by atoms with Gasteiger partial charge in [-0.15, -0.1) is 0 Å². The molecule has 26 heavy (non-hydrogen) atoms. The molecule has 2 aromatic carbocycles. The Morgan fingerprint density at radius 1 is 1.12 bits per heavy atom. The Morgan fingerprint density at radius 3 is 2.54 bits per heavy atom. The number of methoxy groups -OCH3 is 1. The van der Waals surface area contributed by atoms with Gasteiger partial charge in [0.25, 0.3) is 0 Å². The van der Waals surface area contributed by atoms with Crippen LogP contribution in [0.5, 0.6) is 5.75 Å². The highest BCUT2D eigenvalue weighted by atomic mass is 79.9. The number of halogens is 1. The number of ether oxygens (including phenoxy) is 1. The molecule has 1 amide bonds. The third kappa shape index (κ3) is 6.15. The molecule has 140 valence electrons. The van der Waals surface area contributed by atoms with Gasteiger partial charge in [0.15, 0.2) is 0 Å². The summed E-state index contributed by atoms with van der Waals surface area (Å²) < 4.78 is 6.13. The van der Waals surface area contributed by atoms with Crippen LogP contribution in [0.15, 0.2) is 46.9 Å². The van der Waals surface area contributed by atoms with E-state index in [0.29, 0.717) is 12.8 Å². The smallest absolute Gasteiger partial charge is 0.224 e. The highest BCUT2D eigenvalue weighted by Crippen LogP contribution is 2.26. The molecule has 1 N–H and O–H groups in total. The number of carbonyl (C=O) groups excluding carboxylic acids is 1. The van der Waals surface area contributed by atoms with Crippen LogP contribution in [-0.4, -0.2) is 31.0 Å². The third-order valence-corrected chi connectivity index (χ3v) is 4.99. The molecule has 5 heteroatoms. The van der Waals surface area contributed by atoms with Crippen LogP contribution in [0.1, 0.15) is 31.4 Å². The molecule has 0 radical (unpaired) electrons. The van der Waals surface area contributed by atoms with Crippen molar-refractivity contribution in [1.29, 1.82) is 0 Å². The summed E-state index contributed by atoms with van der Waals surface area (Å²) in [7, 11) is 1.64. The van der Waals surface area contributed by atoms with Crippen molar-refractivity contribution in [2.75, 3.05) is 25.5 Å². The number of carbonyl (C=O) groups is 1. The van der Waals surface area contributed by atoms with Crippen LogP contribution in [0.3, 0.4) is 0 Å². The van der Waals surface area contributed by atoms with Gasteiger partial charge in [-0.3, -0.25) is 9.69 Å². The summed E-state index contributed by atoms with van der Waals surface area (Å²) in [5.74, 6) is 0.820. The summed E-state index contributed by atoms with van der Waals surface area (Å²) in [6.45, 7) is 7.25. The number of benzene rings is 2. The van der Waals surface area contributed by atoms with E-state index in [1.54, 1.807) is 7.11 Å². The minimum atomic E-state index is 0.0249. The summed E-state index contributed by atoms with van der Waals surface area (Å²) in [4.78, 5) is 14.6. The zero-order valence-electron chi connectivity index (χ0n) is 15.7. The number of anilines is 1. The summed E-state index contributed by atoms with van der Waals surface area (Å²) in [6, 6.07) is 14.0. The Hall–Kier alpha value is -1.85. The van der Waals surface area contributed by atoms with E-state index in [2.05, 4.69) is 52.1 Å². The topological polar surface area (TPSA) is 41.6 Å². The number of rotatable bonds is 9. The van der Waals surface area contributed by atoms with Crippen LogP contribution in [-0.2, 0) is 17.8 Å². The molecular weight excluding hydrogens is 392 g/mol. The fourth-order valence-corrected chi connectivity index (χ4v) is 3.39. The molecule has 0 saturated carbocycles. The molecule has 0 aromatic heterocycles. The molecule has 0 aliphatic carbocycles. The molecule has 0 atom stereocenters. The van der Waals surface area contributed by atoms with E-state index >= 15 is 0 Å². The standard InChI is InChI=1S/C21H27BrN2O2/c1-4-24(5-2)15-17-7-6-8-18(13-17)23-21(25)12-10-16-9-11-20(26-3)19(22)14-16/h6-9,11,13-14H,4-5,10,12,15H2,1-3H3,(H,23,25). The quantitative estimate of drug-likeness (QED) is 0.631. The number of hydrogen-bond donors (Lipinski definition) is 1. The Balaban J connectivity index is 1.90. The minimum Gasteiger partial charge on any atom is -0.496 e. The van der Waals surface area contributed by atoms with Gasteiger partial charge in [-0.25, -0.2) is 0 Å². The maximum Gasteiger partial charge on any atom is 0.224 e. The number of hydrogen-bond acceptors (Lipinski definition) is 3. The van der Waals surface area contributed by atoms with Crippen molar-refractivity contribution in [2.24, 2.45) is 0 Å². The molecule has 0 bridgehead atoms. The summed E-state index contributed by atoms with van der Waals surface area (Å²) in [5.41, 5.74) is 3.17. The molecule has 0 saturated heterocycles. The fourth-order valence-electron chi connectivity index (χ4n) is 2.80. The van der Waals surface area contributed by atoms with Crippen LogP contribution in [0.4, 0.5) is 5.69 Å². The lowest BCUT2D eigenvalue weighted by Gasteiger charge is -2.18. The molecule has 0 fully saturated rings. The predicted octanol–water partition coefficient (Wildman–Crippen LogP) is 4.87. The number of aryl methyl sites for hydroxylation is 1. The van der Waals surface area contributed by atoms with E-state index in [4.69, 9.17) is 4.74 Å². The second-order valence-electron chi connectivity index (χ2n) is 6.18. The average molecular weight is 419 g/mol. The van der Waals surface area contributed by atoms with Gasteiger partial charge in [-0.05, 0) is 70.8 Å². The minimum absolute atomic E-state index is 0.0249. The molecule has 4 nitrogen and oxygen atoms in total. The van der Waals surface area contributed by atoms with Crippen LogP contribution in [0.2, 0.25) is 0 Å². The van der Waals surface area contributed by atoms with Gasteiger partial charge in [0.05, 0.1) is 11.6 Å². The van der Waals surface area contributed by atoms with Gasteiger partial charge < -0.3 is 10.1 Å². The maximum atomic E-state index is 12.3. The van der Waals surface area contributed by atoms with Crippen LogP contribution in [0.25, 0.3) is 0 Å². The van der Waals surface area contributed by atoms with Crippen molar-refractivity contribution in [3.63, 3.8) is 0 Å². The van der Waals surface area contributed by atoms with E-state index < -0.39 is 0 Å². The first-order chi connectivity index (χ1) is 12.5. The van der Waals surface area contributed by atoms with Crippen molar-refractivity contribution in [3.05, 3.63) is 58.1 Å². The maximum absolute atomic E-state index is 12.3. The lowest BCUT2D eigenvalue weighted by Crippen LogP contribution is -2.22. The first-order valence-electron chi connectivity index (χ1n) is 8.99. The zero-order chi connectivity index (χ0) is 18.9. The second kappa shape index (κ2) is 10.3. The Labute approximate surface area is 164 Å². The van der Waals surface area contributed by atoms with E-state index in [-0.39, 0.29) is 5.91 Å². The van der Waals surface area contributed by atoms with Crippen molar-refractivity contribution >= 4 is 27.5 Å². The SMILES string of the molecule is CCN(CC)Cc1cccc(NC(=O)CCc2ccc(OC)c(Br)c2)c1. The normalized spacial score (nSPS) is 10.8. The van der Waals surface area contributed by atoms with Crippen LogP contribution >= 0.6 is 15.9 Å². The number of nitrogens with one attached hydrogen (secondary N) is 1. The molecule has 0 aliphatic rings. The highest BCUT2D eigenvalue weighted by Gasteiger charge is 2.07. The zero-order valence-corrected chi connectivity index (χ0v) is 17.3. The molecule has 2 aromatic rings. The highest BCUT2D eigenvalue weighted by molar-refractivity contribution is 9.10. The lowest BCUT2D eigenvalue weighted by atomic mass is 10.1. The molecule has 0 unspecified atom stereocenters.